The van der Waals surface area contributed by atoms with E-state index in [1.165, 1.54) is 5.56 Å². The van der Waals surface area contributed by atoms with E-state index in [0.717, 1.165) is 11.3 Å². The van der Waals surface area contributed by atoms with Gasteiger partial charge in [0.05, 0.1) is 19.9 Å². The van der Waals surface area contributed by atoms with Gasteiger partial charge in [-0.2, -0.15) is 0 Å². The van der Waals surface area contributed by atoms with Gasteiger partial charge >= 0.3 is 0 Å². The van der Waals surface area contributed by atoms with E-state index in [0.29, 0.717) is 29.4 Å². The Balaban J connectivity index is 1.60. The van der Waals surface area contributed by atoms with Gasteiger partial charge in [0.1, 0.15) is 23.9 Å². The predicted molar refractivity (Wildman–Crippen MR) is 123 cm³/mol. The first-order valence-corrected chi connectivity index (χ1v) is 10.2. The minimum Gasteiger partial charge on any atom is -0.497 e. The molecule has 0 atom stereocenters. The van der Waals surface area contributed by atoms with Crippen LogP contribution in [-0.2, 0) is 12.0 Å². The molecule has 0 heterocycles. The topological polar surface area (TPSA) is 56.8 Å². The number of anilines is 1. The van der Waals surface area contributed by atoms with E-state index in [2.05, 4.69) is 38.2 Å². The zero-order chi connectivity index (χ0) is 22.4. The van der Waals surface area contributed by atoms with E-state index in [1.54, 1.807) is 44.6 Å². The van der Waals surface area contributed by atoms with E-state index in [4.69, 9.17) is 14.2 Å². The molecule has 0 saturated heterocycles. The number of hydrogen-bond acceptors (Lipinski definition) is 4. The standard InChI is InChI=1S/C26H29NO4/c1-26(2,3)20-10-12-21(13-11-20)31-17-18-6-8-19(9-7-18)25(28)27-23-15-14-22(29-4)16-24(23)30-5/h6-16H,17H2,1-5H3,(H,27,28). The summed E-state index contributed by atoms with van der Waals surface area (Å²) < 4.78 is 16.4. The Kier molecular flexibility index (Phi) is 6.85. The highest BCUT2D eigenvalue weighted by Crippen LogP contribution is 2.29. The monoisotopic (exact) mass is 419 g/mol. The van der Waals surface area contributed by atoms with Gasteiger partial charge in [-0.05, 0) is 52.9 Å². The number of nitrogens with one attached hydrogen (secondary N) is 1. The van der Waals surface area contributed by atoms with E-state index >= 15 is 0 Å². The maximum absolute atomic E-state index is 12.6. The van der Waals surface area contributed by atoms with E-state index in [1.807, 2.05) is 24.3 Å². The molecule has 0 aromatic heterocycles. The van der Waals surface area contributed by atoms with Crippen LogP contribution in [0.1, 0.15) is 42.3 Å². The van der Waals surface area contributed by atoms with Crippen LogP contribution in [0, 0.1) is 0 Å². The number of rotatable bonds is 7. The summed E-state index contributed by atoms with van der Waals surface area (Å²) in [6.07, 6.45) is 0. The molecule has 31 heavy (non-hydrogen) atoms. The summed E-state index contributed by atoms with van der Waals surface area (Å²) in [4.78, 5) is 12.6. The molecule has 0 fully saturated rings. The quantitative estimate of drug-likeness (QED) is 0.523. The number of amides is 1. The van der Waals surface area contributed by atoms with Crippen molar-refractivity contribution in [2.45, 2.75) is 32.8 Å². The third-order valence-electron chi connectivity index (χ3n) is 5.00. The van der Waals surface area contributed by atoms with E-state index in [9.17, 15) is 4.79 Å². The Labute approximate surface area is 184 Å². The largest absolute Gasteiger partial charge is 0.497 e. The zero-order valence-electron chi connectivity index (χ0n) is 18.7. The van der Waals surface area contributed by atoms with Crippen molar-refractivity contribution in [2.24, 2.45) is 0 Å². The maximum atomic E-state index is 12.6. The molecule has 0 aliphatic rings. The summed E-state index contributed by atoms with van der Waals surface area (Å²) >= 11 is 0. The maximum Gasteiger partial charge on any atom is 0.255 e. The molecule has 3 rings (SSSR count). The fourth-order valence-corrected chi connectivity index (χ4v) is 3.07. The first-order chi connectivity index (χ1) is 14.8. The molecule has 0 saturated carbocycles. The number of methoxy groups -OCH3 is 2. The fourth-order valence-electron chi connectivity index (χ4n) is 3.07. The molecule has 0 aliphatic carbocycles. The summed E-state index contributed by atoms with van der Waals surface area (Å²) in [6, 6.07) is 20.8. The molecular formula is C26H29NO4. The van der Waals surface area contributed by atoms with Crippen molar-refractivity contribution in [3.63, 3.8) is 0 Å². The first-order valence-electron chi connectivity index (χ1n) is 10.2. The van der Waals surface area contributed by atoms with Gasteiger partial charge in [-0.3, -0.25) is 4.79 Å². The fraction of sp³-hybridized carbons (Fsp3) is 0.269. The molecule has 0 radical (unpaired) electrons. The molecule has 5 nitrogen and oxygen atoms in total. The molecule has 0 bridgehead atoms. The smallest absolute Gasteiger partial charge is 0.255 e. The van der Waals surface area contributed by atoms with Gasteiger partial charge in [-0.25, -0.2) is 0 Å². The highest BCUT2D eigenvalue weighted by Gasteiger charge is 2.13. The van der Waals surface area contributed by atoms with Crippen molar-refractivity contribution >= 4 is 11.6 Å². The SMILES string of the molecule is COc1ccc(NC(=O)c2ccc(COc3ccc(C(C)(C)C)cc3)cc2)c(OC)c1. The lowest BCUT2D eigenvalue weighted by Gasteiger charge is -2.19. The molecule has 0 aliphatic heterocycles. The van der Waals surface area contributed by atoms with E-state index in [-0.39, 0.29) is 11.3 Å². The Bertz CT molecular complexity index is 1020. The van der Waals surface area contributed by atoms with Crippen molar-refractivity contribution in [1.29, 1.82) is 0 Å². The van der Waals surface area contributed by atoms with Crippen molar-refractivity contribution in [3.05, 3.63) is 83.4 Å². The summed E-state index contributed by atoms with van der Waals surface area (Å²) in [5.74, 6) is 1.80. The summed E-state index contributed by atoms with van der Waals surface area (Å²) in [6.45, 7) is 6.99. The van der Waals surface area contributed by atoms with Gasteiger partial charge in [0.25, 0.3) is 5.91 Å². The normalized spacial score (nSPS) is 11.0. The minimum absolute atomic E-state index is 0.116. The van der Waals surface area contributed by atoms with Crippen LogP contribution in [-0.4, -0.2) is 20.1 Å². The average molecular weight is 420 g/mol. The Morgan fingerprint density at radius 1 is 0.839 bits per heavy atom. The number of carbonyl (C=O) groups excluding carboxylic acids is 1. The minimum atomic E-state index is -0.214. The third kappa shape index (κ3) is 5.79. The highest BCUT2D eigenvalue weighted by molar-refractivity contribution is 6.05. The highest BCUT2D eigenvalue weighted by atomic mass is 16.5. The summed E-state index contributed by atoms with van der Waals surface area (Å²) in [5.41, 5.74) is 3.50. The number of benzene rings is 3. The second-order valence-electron chi connectivity index (χ2n) is 8.28. The zero-order valence-corrected chi connectivity index (χ0v) is 18.7. The van der Waals surface area contributed by atoms with Gasteiger partial charge in [0.15, 0.2) is 0 Å². The van der Waals surface area contributed by atoms with Crippen LogP contribution in [0.3, 0.4) is 0 Å². The van der Waals surface area contributed by atoms with Gasteiger partial charge < -0.3 is 19.5 Å². The molecular weight excluding hydrogens is 390 g/mol. The van der Waals surface area contributed by atoms with Gasteiger partial charge in [0.2, 0.25) is 0 Å². The Morgan fingerprint density at radius 2 is 1.48 bits per heavy atom. The van der Waals surface area contributed by atoms with Crippen LogP contribution in [0.25, 0.3) is 0 Å². The average Bonchev–Trinajstić information content (AvgIpc) is 2.78. The lowest BCUT2D eigenvalue weighted by atomic mass is 9.87. The molecule has 0 spiro atoms. The lowest BCUT2D eigenvalue weighted by Crippen LogP contribution is -2.12. The van der Waals surface area contributed by atoms with Gasteiger partial charge in [-0.1, -0.05) is 45.0 Å². The molecule has 3 aromatic carbocycles. The number of ether oxygens (including phenoxy) is 3. The molecule has 1 N–H and O–H groups in total. The first kappa shape index (κ1) is 22.2. The lowest BCUT2D eigenvalue weighted by molar-refractivity contribution is 0.102. The van der Waals surface area contributed by atoms with Crippen molar-refractivity contribution < 1.29 is 19.0 Å². The van der Waals surface area contributed by atoms with Crippen molar-refractivity contribution in [2.75, 3.05) is 19.5 Å². The molecule has 3 aromatic rings. The Morgan fingerprint density at radius 3 is 2.06 bits per heavy atom. The summed E-state index contributed by atoms with van der Waals surface area (Å²) in [5, 5.41) is 2.87. The van der Waals surface area contributed by atoms with Crippen LogP contribution in [0.2, 0.25) is 0 Å². The Hall–Kier alpha value is -3.47. The van der Waals surface area contributed by atoms with Crippen LogP contribution >= 0.6 is 0 Å². The predicted octanol–water partition coefficient (Wildman–Crippen LogP) is 5.83. The van der Waals surface area contributed by atoms with Crippen molar-refractivity contribution in [3.8, 4) is 17.2 Å². The molecule has 0 unspecified atom stereocenters. The second kappa shape index (κ2) is 9.56. The second-order valence-corrected chi connectivity index (χ2v) is 8.28. The van der Waals surface area contributed by atoms with Gasteiger partial charge in [-0.15, -0.1) is 0 Å². The summed E-state index contributed by atoms with van der Waals surface area (Å²) in [7, 11) is 3.13. The van der Waals surface area contributed by atoms with Crippen molar-refractivity contribution in [1.82, 2.24) is 0 Å². The van der Waals surface area contributed by atoms with Crippen LogP contribution in [0.5, 0.6) is 17.2 Å². The number of hydrogen-bond donors (Lipinski definition) is 1. The van der Waals surface area contributed by atoms with Crippen LogP contribution in [0.15, 0.2) is 66.7 Å². The van der Waals surface area contributed by atoms with E-state index < -0.39 is 0 Å². The number of carbonyl (C=O) groups is 1. The third-order valence-corrected chi connectivity index (χ3v) is 5.00. The molecule has 1 amide bonds. The van der Waals surface area contributed by atoms with Crippen LogP contribution < -0.4 is 19.5 Å². The van der Waals surface area contributed by atoms with Gasteiger partial charge in [0, 0.05) is 11.6 Å². The molecule has 5 heteroatoms. The van der Waals surface area contributed by atoms with Crippen LogP contribution in [0.4, 0.5) is 5.69 Å². The molecule has 162 valence electrons.